The summed E-state index contributed by atoms with van der Waals surface area (Å²) in [5.74, 6) is 2.50. The summed E-state index contributed by atoms with van der Waals surface area (Å²) in [6.45, 7) is 5.50. The molecule has 3 aromatic rings. The largest absolute Gasteiger partial charge is 0.359 e. The summed E-state index contributed by atoms with van der Waals surface area (Å²) in [6, 6.07) is 9.67. The van der Waals surface area contributed by atoms with Crippen LogP contribution in [0.4, 0.5) is 5.82 Å². The van der Waals surface area contributed by atoms with Crippen LogP contribution < -0.4 is 5.32 Å². The van der Waals surface area contributed by atoms with Gasteiger partial charge in [0, 0.05) is 31.3 Å². The highest BCUT2D eigenvalue weighted by molar-refractivity contribution is 5.84. The maximum atomic E-state index is 12.7. The van der Waals surface area contributed by atoms with Gasteiger partial charge in [-0.3, -0.25) is 4.79 Å². The second-order valence-corrected chi connectivity index (χ2v) is 7.74. The predicted molar refractivity (Wildman–Crippen MR) is 114 cm³/mol. The molecule has 2 N–H and O–H groups in total. The molecule has 3 heterocycles. The van der Waals surface area contributed by atoms with Crippen LogP contribution in [-0.4, -0.2) is 49.9 Å². The molecule has 1 fully saturated rings. The van der Waals surface area contributed by atoms with Gasteiger partial charge < -0.3 is 15.2 Å². The van der Waals surface area contributed by atoms with Gasteiger partial charge in [-0.2, -0.15) is 0 Å². The van der Waals surface area contributed by atoms with Crippen LogP contribution in [0.15, 0.2) is 30.3 Å². The molecule has 1 aliphatic heterocycles. The van der Waals surface area contributed by atoms with Gasteiger partial charge in [-0.15, -0.1) is 0 Å². The summed E-state index contributed by atoms with van der Waals surface area (Å²) in [5, 5.41) is 3.27. The van der Waals surface area contributed by atoms with Crippen molar-refractivity contribution >= 4 is 22.8 Å². The number of hydrogen-bond acceptors (Lipinski definition) is 5. The Kier molecular flexibility index (Phi) is 5.74. The predicted octanol–water partition coefficient (Wildman–Crippen LogP) is 3.26. The molecule has 0 saturated carbocycles. The highest BCUT2D eigenvalue weighted by Crippen LogP contribution is 2.15. The van der Waals surface area contributed by atoms with Gasteiger partial charge in [0.05, 0.1) is 11.0 Å². The topological polar surface area (TPSA) is 86.8 Å². The number of carbonyl (C=O) groups is 1. The maximum Gasteiger partial charge on any atom is 0.244 e. The lowest BCUT2D eigenvalue weighted by atomic mass is 10.1. The van der Waals surface area contributed by atoms with Crippen LogP contribution in [0.25, 0.3) is 11.0 Å². The molecule has 0 bridgehead atoms. The average Bonchev–Trinajstić information content (AvgIpc) is 3.15. The highest BCUT2D eigenvalue weighted by Gasteiger charge is 2.22. The van der Waals surface area contributed by atoms with Crippen LogP contribution in [0.3, 0.4) is 0 Å². The van der Waals surface area contributed by atoms with Crippen LogP contribution >= 0.6 is 0 Å². The van der Waals surface area contributed by atoms with Gasteiger partial charge in [0.15, 0.2) is 0 Å². The van der Waals surface area contributed by atoms with Crippen molar-refractivity contribution in [2.45, 2.75) is 52.0 Å². The van der Waals surface area contributed by atoms with Crippen molar-refractivity contribution in [1.29, 1.82) is 0 Å². The Hall–Kier alpha value is -2.96. The van der Waals surface area contributed by atoms with Gasteiger partial charge in [-0.05, 0) is 51.7 Å². The van der Waals surface area contributed by atoms with Crippen molar-refractivity contribution in [2.75, 3.05) is 18.4 Å². The highest BCUT2D eigenvalue weighted by atomic mass is 16.2. The molecule has 0 spiro atoms. The summed E-state index contributed by atoms with van der Waals surface area (Å²) in [6.07, 6.45) is 4.93. The van der Waals surface area contributed by atoms with Crippen LogP contribution in [0, 0.1) is 6.92 Å². The number of nitrogens with zero attached hydrogens (tertiary/aromatic N) is 4. The van der Waals surface area contributed by atoms with Crippen LogP contribution in [0.5, 0.6) is 0 Å². The number of hydrogen-bond donors (Lipinski definition) is 2. The molecular formula is C22H28N6O. The molecule has 1 aromatic carbocycles. The number of anilines is 1. The molecule has 152 valence electrons. The van der Waals surface area contributed by atoms with E-state index in [-0.39, 0.29) is 11.9 Å². The van der Waals surface area contributed by atoms with E-state index < -0.39 is 0 Å². The fourth-order valence-corrected chi connectivity index (χ4v) is 3.87. The number of aromatic amines is 1. The first-order valence-corrected chi connectivity index (χ1v) is 10.4. The zero-order valence-electron chi connectivity index (χ0n) is 17.1. The van der Waals surface area contributed by atoms with Crippen molar-refractivity contribution in [2.24, 2.45) is 0 Å². The molecule has 1 unspecified atom stereocenters. The number of nitrogens with one attached hydrogen (secondary N) is 2. The molecule has 7 heteroatoms. The van der Waals surface area contributed by atoms with Crippen LogP contribution in [-0.2, 0) is 17.6 Å². The van der Waals surface area contributed by atoms with E-state index in [1.807, 2.05) is 49.1 Å². The van der Waals surface area contributed by atoms with E-state index in [1.165, 1.54) is 6.42 Å². The lowest BCUT2D eigenvalue weighted by molar-refractivity contribution is -0.132. The number of rotatable bonds is 6. The Morgan fingerprint density at radius 2 is 1.93 bits per heavy atom. The normalized spacial score (nSPS) is 15.4. The summed E-state index contributed by atoms with van der Waals surface area (Å²) < 4.78 is 0. The van der Waals surface area contributed by atoms with E-state index in [2.05, 4.69) is 25.3 Å². The van der Waals surface area contributed by atoms with Crippen molar-refractivity contribution in [3.05, 3.63) is 47.7 Å². The molecule has 7 nitrogen and oxygen atoms in total. The van der Waals surface area contributed by atoms with E-state index in [1.54, 1.807) is 0 Å². The number of para-hydroxylation sites is 2. The zero-order valence-corrected chi connectivity index (χ0v) is 17.1. The van der Waals surface area contributed by atoms with Crippen LogP contribution in [0.2, 0.25) is 0 Å². The van der Waals surface area contributed by atoms with Crippen LogP contribution in [0.1, 0.15) is 43.5 Å². The third-order valence-corrected chi connectivity index (χ3v) is 5.35. The minimum atomic E-state index is -0.300. The van der Waals surface area contributed by atoms with E-state index in [0.717, 1.165) is 61.3 Å². The smallest absolute Gasteiger partial charge is 0.244 e. The lowest BCUT2D eigenvalue weighted by Crippen LogP contribution is -2.44. The Labute approximate surface area is 171 Å². The van der Waals surface area contributed by atoms with Crippen molar-refractivity contribution < 1.29 is 4.79 Å². The summed E-state index contributed by atoms with van der Waals surface area (Å²) in [7, 11) is 0. The second-order valence-electron chi connectivity index (χ2n) is 7.74. The molecule has 1 aliphatic rings. The number of likely N-dealkylation sites (tertiary alicyclic amines) is 1. The van der Waals surface area contributed by atoms with Gasteiger partial charge in [0.25, 0.3) is 0 Å². The third-order valence-electron chi connectivity index (χ3n) is 5.35. The first-order chi connectivity index (χ1) is 14.1. The molecule has 0 radical (unpaired) electrons. The quantitative estimate of drug-likeness (QED) is 0.672. The Morgan fingerprint density at radius 3 is 2.72 bits per heavy atom. The van der Waals surface area contributed by atoms with E-state index in [9.17, 15) is 4.79 Å². The zero-order chi connectivity index (χ0) is 20.2. The summed E-state index contributed by atoms with van der Waals surface area (Å²) in [4.78, 5) is 31.7. The fourth-order valence-electron chi connectivity index (χ4n) is 3.87. The van der Waals surface area contributed by atoms with E-state index in [4.69, 9.17) is 0 Å². The number of imidazole rings is 1. The number of H-pyrrole nitrogens is 1. The molecule has 1 amide bonds. The standard InChI is InChI=1S/C22H28N6O/c1-15(22(29)28-12-6-3-7-13-28)23-21-14-17(24-16(2)25-21)10-11-20-26-18-8-4-5-9-19(18)27-20/h4-5,8-9,14-15H,3,6-7,10-13H2,1-2H3,(H,26,27)(H,23,24,25). The minimum absolute atomic E-state index is 0.143. The van der Waals surface area contributed by atoms with Gasteiger partial charge in [-0.25, -0.2) is 15.0 Å². The molecule has 1 saturated heterocycles. The Bertz CT molecular complexity index is 959. The minimum Gasteiger partial charge on any atom is -0.359 e. The Morgan fingerprint density at radius 1 is 1.14 bits per heavy atom. The number of benzene rings is 1. The first-order valence-electron chi connectivity index (χ1n) is 10.4. The first kappa shape index (κ1) is 19.4. The SMILES string of the molecule is Cc1nc(CCc2nc3ccccc3[nH]2)cc(NC(C)C(=O)N2CCCCC2)n1. The fraction of sp³-hybridized carbons (Fsp3) is 0.455. The summed E-state index contributed by atoms with van der Waals surface area (Å²) >= 11 is 0. The Balaban J connectivity index is 1.40. The van der Waals surface area contributed by atoms with E-state index in [0.29, 0.717) is 11.6 Å². The van der Waals surface area contributed by atoms with Crippen molar-refractivity contribution in [1.82, 2.24) is 24.8 Å². The van der Waals surface area contributed by atoms with Gasteiger partial charge in [-0.1, -0.05) is 12.1 Å². The summed E-state index contributed by atoms with van der Waals surface area (Å²) in [5.41, 5.74) is 2.97. The van der Waals surface area contributed by atoms with Gasteiger partial charge in [0.2, 0.25) is 5.91 Å². The molecular weight excluding hydrogens is 364 g/mol. The molecule has 4 rings (SSSR count). The lowest BCUT2D eigenvalue weighted by Gasteiger charge is -2.29. The van der Waals surface area contributed by atoms with Gasteiger partial charge in [0.1, 0.15) is 23.5 Å². The number of fused-ring (bicyclic) bond motifs is 1. The number of carbonyl (C=O) groups excluding carboxylic acids is 1. The third kappa shape index (κ3) is 4.72. The molecule has 2 aromatic heterocycles. The maximum absolute atomic E-state index is 12.7. The van der Waals surface area contributed by atoms with Gasteiger partial charge >= 0.3 is 0 Å². The number of aryl methyl sites for hydroxylation is 3. The molecule has 1 atom stereocenters. The second kappa shape index (κ2) is 8.59. The number of aromatic nitrogens is 4. The molecule has 29 heavy (non-hydrogen) atoms. The molecule has 0 aliphatic carbocycles. The van der Waals surface area contributed by atoms with Crippen molar-refractivity contribution in [3.63, 3.8) is 0 Å². The number of amides is 1. The number of piperidine rings is 1. The average molecular weight is 393 g/mol. The monoisotopic (exact) mass is 392 g/mol. The van der Waals surface area contributed by atoms with Crippen molar-refractivity contribution in [3.8, 4) is 0 Å². The van der Waals surface area contributed by atoms with E-state index >= 15 is 0 Å².